The maximum atomic E-state index is 2.46. The third-order valence-corrected chi connectivity index (χ3v) is 13.7. The van der Waals surface area contributed by atoms with Crippen LogP contribution in [0.3, 0.4) is 0 Å². The fraction of sp³-hybridized carbons (Fsp3) is 0.0606. The molecule has 0 N–H and O–H groups in total. The second-order valence-electron chi connectivity index (χ2n) is 18.9. The lowest BCUT2D eigenvalue weighted by Gasteiger charge is -2.23. The summed E-state index contributed by atoms with van der Waals surface area (Å²) >= 11 is 0. The van der Waals surface area contributed by atoms with Crippen LogP contribution in [0.15, 0.2) is 249 Å². The number of fused-ring (bicyclic) bond motifs is 3. The van der Waals surface area contributed by atoms with Gasteiger partial charge < -0.3 is 9.13 Å². The van der Waals surface area contributed by atoms with Crippen molar-refractivity contribution < 1.29 is 0 Å². The summed E-state index contributed by atoms with van der Waals surface area (Å²) in [6.45, 7) is 6.87. The summed E-state index contributed by atoms with van der Waals surface area (Å²) in [6.07, 6.45) is 0. The summed E-state index contributed by atoms with van der Waals surface area (Å²) in [6, 6.07) is 91.5. The van der Waals surface area contributed by atoms with Crippen LogP contribution >= 0.6 is 0 Å². The molecule has 0 atom stereocenters. The van der Waals surface area contributed by atoms with E-state index in [-0.39, 0.29) is 5.41 Å². The molecular weight excluding hydrogens is 821 g/mol. The Hall–Kier alpha value is -8.46. The molecule has 0 fully saturated rings. The Balaban J connectivity index is 1.22. The van der Waals surface area contributed by atoms with Crippen molar-refractivity contribution in [2.75, 3.05) is 0 Å². The molecule has 68 heavy (non-hydrogen) atoms. The van der Waals surface area contributed by atoms with Gasteiger partial charge in [-0.2, -0.15) is 0 Å². The van der Waals surface area contributed by atoms with Gasteiger partial charge in [-0.15, -0.1) is 0 Å². The van der Waals surface area contributed by atoms with E-state index in [4.69, 9.17) is 0 Å². The Bertz CT molecular complexity index is 3660. The molecule has 324 valence electrons. The largest absolute Gasteiger partial charge is 0.309 e. The number of nitrogens with zero attached hydrogens (tertiary/aromatic N) is 2. The highest BCUT2D eigenvalue weighted by Gasteiger charge is 2.23. The second kappa shape index (κ2) is 16.8. The minimum atomic E-state index is 0.0166. The van der Waals surface area contributed by atoms with Gasteiger partial charge in [-0.3, -0.25) is 0 Å². The lowest BCUT2D eigenvalue weighted by Crippen LogP contribution is -2.10. The molecule has 0 radical (unpaired) electrons. The number of hydrogen-bond acceptors (Lipinski definition) is 0. The first kappa shape index (κ1) is 41.0. The number of benzene rings is 10. The zero-order valence-electron chi connectivity index (χ0n) is 38.6. The highest BCUT2D eigenvalue weighted by Crippen LogP contribution is 2.48. The third kappa shape index (κ3) is 7.14. The van der Waals surface area contributed by atoms with Crippen LogP contribution in [0.25, 0.3) is 111 Å². The molecule has 12 rings (SSSR count). The predicted octanol–water partition coefficient (Wildman–Crippen LogP) is 18.0. The van der Waals surface area contributed by atoms with Gasteiger partial charge in [0.15, 0.2) is 0 Å². The minimum absolute atomic E-state index is 0.0166. The number of aromatic nitrogens is 2. The second-order valence-corrected chi connectivity index (χ2v) is 18.9. The first-order valence-corrected chi connectivity index (χ1v) is 23.7. The first-order valence-electron chi connectivity index (χ1n) is 23.7. The molecule has 2 nitrogen and oxygen atoms in total. The standard InChI is InChI=1S/C66H50N2/c1-66(2,3)51-33-31-50(32-34-51)64-56-37-35-53(68-62(48-24-12-6-13-25-48)41-42-63(68)49-26-14-7-15-27-49)44-59(56)65(55-30-18-28-45-19-16-17-29-54(45)55)57-38-36-52(43-58(57)64)67-60(46-20-8-4-9-21-46)39-40-61(67)47-22-10-5-11-23-47/h4-44H,1-3H3. The van der Waals surface area contributed by atoms with Gasteiger partial charge in [0.1, 0.15) is 0 Å². The third-order valence-electron chi connectivity index (χ3n) is 13.7. The van der Waals surface area contributed by atoms with Crippen molar-refractivity contribution in [2.45, 2.75) is 26.2 Å². The Morgan fingerprint density at radius 3 is 1.13 bits per heavy atom. The van der Waals surface area contributed by atoms with E-state index in [2.05, 4.69) is 279 Å². The zero-order chi connectivity index (χ0) is 45.8. The van der Waals surface area contributed by atoms with Crippen LogP contribution in [-0.2, 0) is 5.41 Å². The van der Waals surface area contributed by atoms with Crippen molar-refractivity contribution in [3.05, 3.63) is 254 Å². The highest BCUT2D eigenvalue weighted by atomic mass is 15.0. The molecule has 0 aliphatic rings. The maximum absolute atomic E-state index is 2.46. The summed E-state index contributed by atoms with van der Waals surface area (Å²) in [5, 5.41) is 7.27. The maximum Gasteiger partial charge on any atom is 0.0535 e. The van der Waals surface area contributed by atoms with Crippen LogP contribution in [0.5, 0.6) is 0 Å². The lowest BCUT2D eigenvalue weighted by molar-refractivity contribution is 0.590. The van der Waals surface area contributed by atoms with Crippen molar-refractivity contribution >= 4 is 32.3 Å². The monoisotopic (exact) mass is 870 g/mol. The molecule has 0 aliphatic heterocycles. The fourth-order valence-corrected chi connectivity index (χ4v) is 10.4. The average Bonchev–Trinajstić information content (AvgIpc) is 4.05. The average molecular weight is 871 g/mol. The SMILES string of the molecule is CC(C)(C)c1ccc(-c2c3cc(-n4c(-c5ccccc5)ccc4-c4ccccc4)ccc3c(-c3cccc4ccccc34)c3cc(-n4c(-c5ccccc5)ccc4-c4ccccc4)ccc23)cc1. The molecule has 2 heterocycles. The Labute approximate surface area is 398 Å². The van der Waals surface area contributed by atoms with Gasteiger partial charge in [0, 0.05) is 11.4 Å². The molecule has 0 unspecified atom stereocenters. The van der Waals surface area contributed by atoms with Crippen LogP contribution in [0, 0.1) is 0 Å². The Kier molecular flexibility index (Phi) is 10.1. The summed E-state index contributed by atoms with van der Waals surface area (Å²) in [4.78, 5) is 0. The molecule has 0 amide bonds. The predicted molar refractivity (Wildman–Crippen MR) is 289 cm³/mol. The van der Waals surface area contributed by atoms with Gasteiger partial charge in [-0.05, 0) is 136 Å². The van der Waals surface area contributed by atoms with Crippen molar-refractivity contribution in [2.24, 2.45) is 0 Å². The van der Waals surface area contributed by atoms with Crippen molar-refractivity contribution in [3.8, 4) is 78.7 Å². The molecule has 12 aromatic rings. The van der Waals surface area contributed by atoms with Crippen LogP contribution in [-0.4, -0.2) is 9.13 Å². The Morgan fingerprint density at radius 1 is 0.279 bits per heavy atom. The molecule has 0 saturated heterocycles. The fourth-order valence-electron chi connectivity index (χ4n) is 10.4. The summed E-state index contributed by atoms with van der Waals surface area (Å²) < 4.78 is 4.90. The molecule has 2 aromatic heterocycles. The van der Waals surface area contributed by atoms with E-state index >= 15 is 0 Å². The summed E-state index contributed by atoms with van der Waals surface area (Å²) in [7, 11) is 0. The van der Waals surface area contributed by atoms with E-state index in [0.29, 0.717) is 0 Å². The van der Waals surface area contributed by atoms with Crippen LogP contribution in [0.4, 0.5) is 0 Å². The molecule has 0 spiro atoms. The van der Waals surface area contributed by atoms with E-state index in [9.17, 15) is 0 Å². The van der Waals surface area contributed by atoms with E-state index in [1.54, 1.807) is 0 Å². The van der Waals surface area contributed by atoms with Crippen molar-refractivity contribution in [1.29, 1.82) is 0 Å². The van der Waals surface area contributed by atoms with Gasteiger partial charge in [0.25, 0.3) is 0 Å². The van der Waals surface area contributed by atoms with Crippen LogP contribution < -0.4 is 0 Å². The van der Waals surface area contributed by atoms with E-state index in [1.165, 1.54) is 82.4 Å². The topological polar surface area (TPSA) is 9.86 Å². The molecule has 2 heteroatoms. The number of rotatable bonds is 8. The zero-order valence-corrected chi connectivity index (χ0v) is 38.6. The van der Waals surface area contributed by atoms with Gasteiger partial charge in [-0.1, -0.05) is 221 Å². The summed E-state index contributed by atoms with van der Waals surface area (Å²) in [5.41, 5.74) is 17.7. The number of hydrogen-bond donors (Lipinski definition) is 0. The summed E-state index contributed by atoms with van der Waals surface area (Å²) in [5.74, 6) is 0. The quantitative estimate of drug-likeness (QED) is 0.135. The van der Waals surface area contributed by atoms with Gasteiger partial charge >= 0.3 is 0 Å². The van der Waals surface area contributed by atoms with Crippen LogP contribution in [0.1, 0.15) is 26.3 Å². The van der Waals surface area contributed by atoms with E-state index < -0.39 is 0 Å². The van der Waals surface area contributed by atoms with Crippen molar-refractivity contribution in [1.82, 2.24) is 9.13 Å². The van der Waals surface area contributed by atoms with Crippen molar-refractivity contribution in [3.63, 3.8) is 0 Å². The smallest absolute Gasteiger partial charge is 0.0535 e. The lowest BCUT2D eigenvalue weighted by atomic mass is 9.82. The molecule has 10 aromatic carbocycles. The van der Waals surface area contributed by atoms with Gasteiger partial charge in [0.2, 0.25) is 0 Å². The molecule has 0 aliphatic carbocycles. The normalized spacial score (nSPS) is 11.8. The van der Waals surface area contributed by atoms with Gasteiger partial charge in [-0.25, -0.2) is 0 Å². The van der Waals surface area contributed by atoms with E-state index in [1.807, 2.05) is 0 Å². The first-order chi connectivity index (χ1) is 33.4. The van der Waals surface area contributed by atoms with E-state index in [0.717, 1.165) is 34.2 Å². The minimum Gasteiger partial charge on any atom is -0.309 e. The highest BCUT2D eigenvalue weighted by molar-refractivity contribution is 6.24. The van der Waals surface area contributed by atoms with Crippen LogP contribution in [0.2, 0.25) is 0 Å². The van der Waals surface area contributed by atoms with Gasteiger partial charge in [0.05, 0.1) is 22.8 Å². The molecular formula is C66H50N2. The molecule has 0 saturated carbocycles. The molecule has 0 bridgehead atoms. The Morgan fingerprint density at radius 2 is 0.676 bits per heavy atom.